The average molecular weight is 242 g/mol. The van der Waals surface area contributed by atoms with Crippen molar-refractivity contribution in [3.05, 3.63) is 0 Å². The maximum atomic E-state index is 11.8. The van der Waals surface area contributed by atoms with Crippen LogP contribution in [-0.4, -0.2) is 36.5 Å². The minimum Gasteiger partial charge on any atom is -0.481 e. The van der Waals surface area contributed by atoms with E-state index in [0.717, 1.165) is 0 Å². The molecule has 96 valence electrons. The van der Waals surface area contributed by atoms with E-state index in [-0.39, 0.29) is 24.3 Å². The highest BCUT2D eigenvalue weighted by atomic mass is 16.4. The third-order valence-electron chi connectivity index (χ3n) is 3.15. The Bertz CT molecular complexity index is 329. The summed E-state index contributed by atoms with van der Waals surface area (Å²) in [6.07, 6.45) is 1.09. The molecule has 0 radical (unpaired) electrons. The molecule has 0 bridgehead atoms. The van der Waals surface area contributed by atoms with Crippen LogP contribution in [0.2, 0.25) is 0 Å². The van der Waals surface area contributed by atoms with Gasteiger partial charge in [-0.3, -0.25) is 14.4 Å². The summed E-state index contributed by atoms with van der Waals surface area (Å²) in [7, 11) is 1.48. The van der Waals surface area contributed by atoms with Crippen LogP contribution in [0, 0.1) is 17.8 Å². The van der Waals surface area contributed by atoms with Gasteiger partial charge in [0.05, 0.1) is 18.4 Å². The predicted octanol–water partition coefficient (Wildman–Crippen LogP) is -0.405. The van der Waals surface area contributed by atoms with Gasteiger partial charge in [0.1, 0.15) is 0 Å². The first-order valence-electron chi connectivity index (χ1n) is 5.66. The summed E-state index contributed by atoms with van der Waals surface area (Å²) < 4.78 is 0. The van der Waals surface area contributed by atoms with Crippen LogP contribution >= 0.6 is 0 Å². The van der Waals surface area contributed by atoms with Gasteiger partial charge in [0.2, 0.25) is 11.8 Å². The van der Waals surface area contributed by atoms with Gasteiger partial charge < -0.3 is 15.7 Å². The highest BCUT2D eigenvalue weighted by Crippen LogP contribution is 2.36. The topological polar surface area (TPSA) is 95.5 Å². The lowest BCUT2D eigenvalue weighted by Crippen LogP contribution is -2.40. The maximum absolute atomic E-state index is 11.8. The number of carbonyl (C=O) groups excluding carboxylic acids is 2. The number of amides is 2. The molecule has 1 aliphatic carbocycles. The van der Waals surface area contributed by atoms with Gasteiger partial charge in [-0.2, -0.15) is 0 Å². The van der Waals surface area contributed by atoms with Crippen molar-refractivity contribution in [2.45, 2.75) is 19.8 Å². The first kappa shape index (κ1) is 13.5. The number of nitrogens with one attached hydrogen (secondary N) is 2. The van der Waals surface area contributed by atoms with Crippen molar-refractivity contribution in [3.8, 4) is 0 Å². The molecule has 1 aliphatic rings. The summed E-state index contributed by atoms with van der Waals surface area (Å²) in [5, 5.41) is 13.9. The van der Waals surface area contributed by atoms with Gasteiger partial charge in [-0.05, 0) is 18.8 Å². The van der Waals surface area contributed by atoms with Crippen LogP contribution in [0.15, 0.2) is 0 Å². The molecule has 3 atom stereocenters. The minimum absolute atomic E-state index is 0.105. The Kier molecular flexibility index (Phi) is 4.48. The van der Waals surface area contributed by atoms with E-state index in [1.807, 2.05) is 6.92 Å². The number of hydrogen-bond donors (Lipinski definition) is 3. The van der Waals surface area contributed by atoms with Crippen molar-refractivity contribution in [1.82, 2.24) is 10.6 Å². The van der Waals surface area contributed by atoms with Gasteiger partial charge in [-0.25, -0.2) is 0 Å². The third-order valence-corrected chi connectivity index (χ3v) is 3.15. The highest BCUT2D eigenvalue weighted by molar-refractivity contribution is 5.88. The Hall–Kier alpha value is -1.59. The second-order valence-corrected chi connectivity index (χ2v) is 4.52. The van der Waals surface area contributed by atoms with E-state index in [0.29, 0.717) is 12.8 Å². The molecule has 1 saturated carbocycles. The lowest BCUT2D eigenvalue weighted by Gasteiger charge is -2.14. The Morgan fingerprint density at radius 2 is 1.82 bits per heavy atom. The van der Waals surface area contributed by atoms with Crippen LogP contribution in [0.3, 0.4) is 0 Å². The SMILES string of the molecule is CNC(=O)CNC(=O)[C@H]1CC(C)C[C@H]1C(=O)O. The monoisotopic (exact) mass is 242 g/mol. The zero-order valence-electron chi connectivity index (χ0n) is 10.0. The highest BCUT2D eigenvalue weighted by Gasteiger charge is 2.41. The third kappa shape index (κ3) is 3.44. The molecule has 0 aromatic heterocycles. The summed E-state index contributed by atoms with van der Waals surface area (Å²) in [6, 6.07) is 0. The maximum Gasteiger partial charge on any atom is 0.307 e. The van der Waals surface area contributed by atoms with Crippen molar-refractivity contribution < 1.29 is 19.5 Å². The molecule has 1 unspecified atom stereocenters. The van der Waals surface area contributed by atoms with Gasteiger partial charge in [-0.1, -0.05) is 6.92 Å². The number of hydrogen-bond acceptors (Lipinski definition) is 3. The van der Waals surface area contributed by atoms with E-state index < -0.39 is 17.8 Å². The predicted molar refractivity (Wildman–Crippen MR) is 60.1 cm³/mol. The summed E-state index contributed by atoms with van der Waals surface area (Å²) in [5.74, 6) is -2.50. The van der Waals surface area contributed by atoms with E-state index in [4.69, 9.17) is 5.11 Å². The van der Waals surface area contributed by atoms with Crippen LogP contribution in [0.1, 0.15) is 19.8 Å². The van der Waals surface area contributed by atoms with Gasteiger partial charge in [0, 0.05) is 7.05 Å². The molecule has 0 heterocycles. The molecule has 1 rings (SSSR count). The molecular weight excluding hydrogens is 224 g/mol. The first-order valence-corrected chi connectivity index (χ1v) is 5.66. The smallest absolute Gasteiger partial charge is 0.307 e. The van der Waals surface area contributed by atoms with E-state index in [2.05, 4.69) is 10.6 Å². The second kappa shape index (κ2) is 5.65. The fourth-order valence-electron chi connectivity index (χ4n) is 2.24. The number of carbonyl (C=O) groups is 3. The van der Waals surface area contributed by atoms with Crippen molar-refractivity contribution in [3.63, 3.8) is 0 Å². The molecule has 2 amide bonds. The second-order valence-electron chi connectivity index (χ2n) is 4.52. The molecule has 0 aromatic rings. The molecule has 0 aliphatic heterocycles. The van der Waals surface area contributed by atoms with Crippen molar-refractivity contribution in [2.75, 3.05) is 13.6 Å². The van der Waals surface area contributed by atoms with E-state index >= 15 is 0 Å². The van der Waals surface area contributed by atoms with Crippen LogP contribution in [-0.2, 0) is 14.4 Å². The van der Waals surface area contributed by atoms with E-state index in [1.165, 1.54) is 7.05 Å². The molecule has 0 aromatic carbocycles. The number of carboxylic acid groups (broad SMARTS) is 1. The number of aliphatic carboxylic acids is 1. The lowest BCUT2D eigenvalue weighted by molar-refractivity contribution is -0.146. The quantitative estimate of drug-likeness (QED) is 0.624. The van der Waals surface area contributed by atoms with Crippen LogP contribution in [0.25, 0.3) is 0 Å². The van der Waals surface area contributed by atoms with Gasteiger partial charge in [0.25, 0.3) is 0 Å². The fraction of sp³-hybridized carbons (Fsp3) is 0.727. The van der Waals surface area contributed by atoms with Crippen molar-refractivity contribution in [1.29, 1.82) is 0 Å². The first-order chi connectivity index (χ1) is 7.95. The fourth-order valence-corrected chi connectivity index (χ4v) is 2.24. The summed E-state index contributed by atoms with van der Waals surface area (Å²) in [6.45, 7) is 1.83. The number of likely N-dealkylation sites (N-methyl/N-ethyl adjacent to an activating group) is 1. The average Bonchev–Trinajstić information content (AvgIpc) is 2.67. The van der Waals surface area contributed by atoms with Crippen LogP contribution < -0.4 is 10.6 Å². The molecule has 0 saturated heterocycles. The van der Waals surface area contributed by atoms with E-state index in [1.54, 1.807) is 0 Å². The summed E-state index contributed by atoms with van der Waals surface area (Å²) in [4.78, 5) is 33.7. The summed E-state index contributed by atoms with van der Waals surface area (Å²) in [5.41, 5.74) is 0. The minimum atomic E-state index is -0.936. The molecule has 3 N–H and O–H groups in total. The Morgan fingerprint density at radius 1 is 1.24 bits per heavy atom. The number of carboxylic acids is 1. The van der Waals surface area contributed by atoms with Crippen molar-refractivity contribution >= 4 is 17.8 Å². The van der Waals surface area contributed by atoms with Gasteiger partial charge in [0.15, 0.2) is 0 Å². The lowest BCUT2D eigenvalue weighted by atomic mass is 9.95. The Balaban J connectivity index is 2.55. The molecule has 17 heavy (non-hydrogen) atoms. The summed E-state index contributed by atoms with van der Waals surface area (Å²) >= 11 is 0. The largest absolute Gasteiger partial charge is 0.481 e. The molecule has 1 fully saturated rings. The van der Waals surface area contributed by atoms with Gasteiger partial charge in [-0.15, -0.1) is 0 Å². The van der Waals surface area contributed by atoms with Crippen LogP contribution in [0.4, 0.5) is 0 Å². The zero-order valence-corrected chi connectivity index (χ0v) is 10.0. The normalized spacial score (nSPS) is 27.5. The molecule has 6 nitrogen and oxygen atoms in total. The molecular formula is C11H18N2O4. The Labute approximate surface area is 99.8 Å². The van der Waals surface area contributed by atoms with Gasteiger partial charge >= 0.3 is 5.97 Å². The molecule has 0 spiro atoms. The zero-order chi connectivity index (χ0) is 13.0. The number of rotatable bonds is 4. The molecule has 6 heteroatoms. The Morgan fingerprint density at radius 3 is 2.35 bits per heavy atom. The van der Waals surface area contributed by atoms with Crippen molar-refractivity contribution in [2.24, 2.45) is 17.8 Å². The van der Waals surface area contributed by atoms with E-state index in [9.17, 15) is 14.4 Å². The van der Waals surface area contributed by atoms with Crippen LogP contribution in [0.5, 0.6) is 0 Å². The standard InChI is InChI=1S/C11H18N2O4/c1-6-3-7(8(4-6)11(16)17)10(15)13-5-9(14)12-2/h6-8H,3-5H2,1-2H3,(H,12,14)(H,13,15)(H,16,17)/t6?,7-,8+/m0/s1.